The maximum absolute atomic E-state index is 14.4. The first-order chi connectivity index (χ1) is 10.8. The molecule has 1 aliphatic heterocycles. The predicted octanol–water partition coefficient (Wildman–Crippen LogP) is 3.60. The van der Waals surface area contributed by atoms with E-state index in [0.29, 0.717) is 16.7 Å². The van der Waals surface area contributed by atoms with Crippen molar-refractivity contribution < 1.29 is 4.39 Å². The van der Waals surface area contributed by atoms with Crippen LogP contribution in [0.4, 0.5) is 4.39 Å². The Bertz CT molecular complexity index is 830. The molecule has 0 bridgehead atoms. The summed E-state index contributed by atoms with van der Waals surface area (Å²) in [5.74, 6) is 0.614. The Morgan fingerprint density at radius 3 is 2.18 bits per heavy atom. The monoisotopic (exact) mass is 310 g/mol. The summed E-state index contributed by atoms with van der Waals surface area (Å²) in [4.78, 5) is 0. The number of hydrogen-bond acceptors (Lipinski definition) is 4. The normalized spacial score (nSPS) is 17.0. The van der Waals surface area contributed by atoms with E-state index in [1.54, 1.807) is 4.68 Å². The van der Waals surface area contributed by atoms with Gasteiger partial charge in [0.15, 0.2) is 11.3 Å². The minimum atomic E-state index is -1.25. The van der Waals surface area contributed by atoms with E-state index in [1.165, 1.54) is 0 Å². The number of rotatable bonds is 2. The van der Waals surface area contributed by atoms with Gasteiger partial charge in [0.1, 0.15) is 5.71 Å². The molecule has 4 rings (SSSR count). The SMILES string of the molecule is FC1Sc2nnc(-c3ccccc3)n2N=C1c1ccccc1. The molecule has 1 aliphatic rings. The van der Waals surface area contributed by atoms with Crippen molar-refractivity contribution in [1.82, 2.24) is 14.9 Å². The van der Waals surface area contributed by atoms with Crippen LogP contribution in [0.5, 0.6) is 0 Å². The maximum atomic E-state index is 14.4. The largest absolute Gasteiger partial charge is 0.228 e. The van der Waals surface area contributed by atoms with Crippen LogP contribution in [0.3, 0.4) is 0 Å². The quantitative estimate of drug-likeness (QED) is 0.726. The van der Waals surface area contributed by atoms with Gasteiger partial charge in [0.05, 0.1) is 0 Å². The lowest BCUT2D eigenvalue weighted by atomic mass is 10.1. The summed E-state index contributed by atoms with van der Waals surface area (Å²) in [5.41, 5.74) is 0.800. The first kappa shape index (κ1) is 13.2. The second-order valence-electron chi connectivity index (χ2n) is 4.77. The van der Waals surface area contributed by atoms with E-state index >= 15 is 0 Å². The van der Waals surface area contributed by atoms with Crippen molar-refractivity contribution in [2.24, 2.45) is 5.10 Å². The minimum absolute atomic E-state index is 0.384. The Morgan fingerprint density at radius 2 is 1.50 bits per heavy atom. The van der Waals surface area contributed by atoms with Crippen molar-refractivity contribution in [3.63, 3.8) is 0 Å². The Hall–Kier alpha value is -2.47. The first-order valence-corrected chi connectivity index (χ1v) is 7.67. The Balaban J connectivity index is 1.85. The molecule has 0 saturated carbocycles. The number of aromatic nitrogens is 3. The van der Waals surface area contributed by atoms with E-state index in [1.807, 2.05) is 60.7 Å². The number of fused-ring (bicyclic) bond motifs is 1. The van der Waals surface area contributed by atoms with Gasteiger partial charge in [0.2, 0.25) is 5.16 Å². The average molecular weight is 310 g/mol. The van der Waals surface area contributed by atoms with Gasteiger partial charge in [0.25, 0.3) is 0 Å². The van der Waals surface area contributed by atoms with E-state index in [2.05, 4.69) is 15.3 Å². The molecule has 3 aromatic rings. The van der Waals surface area contributed by atoms with Gasteiger partial charge in [-0.3, -0.25) is 0 Å². The highest BCUT2D eigenvalue weighted by Gasteiger charge is 2.28. The molecular weight excluding hydrogens is 299 g/mol. The molecule has 22 heavy (non-hydrogen) atoms. The van der Waals surface area contributed by atoms with Crippen LogP contribution in [-0.4, -0.2) is 26.1 Å². The van der Waals surface area contributed by atoms with Crippen LogP contribution in [0.1, 0.15) is 5.56 Å². The molecule has 0 fully saturated rings. The molecule has 0 amide bonds. The van der Waals surface area contributed by atoms with Crippen molar-refractivity contribution in [2.45, 2.75) is 10.7 Å². The van der Waals surface area contributed by atoms with Gasteiger partial charge in [-0.15, -0.1) is 10.2 Å². The van der Waals surface area contributed by atoms with Crippen molar-refractivity contribution in [3.8, 4) is 11.4 Å². The van der Waals surface area contributed by atoms with Crippen LogP contribution < -0.4 is 0 Å². The predicted molar refractivity (Wildman–Crippen MR) is 84.6 cm³/mol. The third-order valence-corrected chi connectivity index (χ3v) is 4.24. The number of halogens is 1. The molecule has 1 unspecified atom stereocenters. The Morgan fingerprint density at radius 1 is 0.864 bits per heavy atom. The zero-order valence-electron chi connectivity index (χ0n) is 11.4. The molecule has 6 heteroatoms. The van der Waals surface area contributed by atoms with Crippen molar-refractivity contribution in [3.05, 3.63) is 66.2 Å². The van der Waals surface area contributed by atoms with E-state index in [4.69, 9.17) is 0 Å². The van der Waals surface area contributed by atoms with Crippen molar-refractivity contribution in [1.29, 1.82) is 0 Å². The smallest absolute Gasteiger partial charge is 0.215 e. The van der Waals surface area contributed by atoms with Crippen LogP contribution in [0, 0.1) is 0 Å². The highest BCUT2D eigenvalue weighted by molar-refractivity contribution is 8.00. The van der Waals surface area contributed by atoms with Gasteiger partial charge in [-0.1, -0.05) is 60.7 Å². The van der Waals surface area contributed by atoms with Gasteiger partial charge in [-0.2, -0.15) is 9.78 Å². The first-order valence-electron chi connectivity index (χ1n) is 6.79. The second-order valence-corrected chi connectivity index (χ2v) is 5.78. The fraction of sp³-hybridized carbons (Fsp3) is 0.0625. The average Bonchev–Trinajstić information content (AvgIpc) is 2.98. The molecule has 1 atom stereocenters. The highest BCUT2D eigenvalue weighted by atomic mass is 32.2. The number of alkyl halides is 1. The third-order valence-electron chi connectivity index (χ3n) is 3.35. The molecule has 4 nitrogen and oxygen atoms in total. The van der Waals surface area contributed by atoms with Gasteiger partial charge in [0, 0.05) is 11.1 Å². The topological polar surface area (TPSA) is 43.1 Å². The lowest BCUT2D eigenvalue weighted by molar-refractivity contribution is 0.529. The van der Waals surface area contributed by atoms with E-state index in [-0.39, 0.29) is 0 Å². The zero-order valence-corrected chi connectivity index (χ0v) is 12.2. The number of nitrogens with zero attached hydrogens (tertiary/aromatic N) is 4. The van der Waals surface area contributed by atoms with Crippen LogP contribution in [0.15, 0.2) is 70.9 Å². The van der Waals surface area contributed by atoms with Crippen molar-refractivity contribution in [2.75, 3.05) is 0 Å². The Kier molecular flexibility index (Phi) is 3.23. The molecule has 0 radical (unpaired) electrons. The molecule has 0 spiro atoms. The standard InChI is InChI=1S/C16H11FN4S/c17-14-13(11-7-3-1-4-8-11)20-21-15(18-19-16(21)22-14)12-9-5-2-6-10-12/h1-10,14H. The Labute approximate surface area is 130 Å². The van der Waals surface area contributed by atoms with Crippen LogP contribution in [-0.2, 0) is 0 Å². The van der Waals surface area contributed by atoms with Crippen molar-refractivity contribution >= 4 is 17.5 Å². The molecule has 0 aliphatic carbocycles. The van der Waals surface area contributed by atoms with Crippen LogP contribution >= 0.6 is 11.8 Å². The lowest BCUT2D eigenvalue weighted by Gasteiger charge is -2.17. The van der Waals surface area contributed by atoms with Gasteiger partial charge >= 0.3 is 0 Å². The van der Waals surface area contributed by atoms with Gasteiger partial charge < -0.3 is 0 Å². The molecular formula is C16H11FN4S. The molecule has 2 heterocycles. The summed E-state index contributed by atoms with van der Waals surface area (Å²) in [6.45, 7) is 0. The summed E-state index contributed by atoms with van der Waals surface area (Å²) in [5, 5.41) is 13.1. The van der Waals surface area contributed by atoms with Gasteiger partial charge in [-0.05, 0) is 11.8 Å². The van der Waals surface area contributed by atoms with Crippen LogP contribution in [0.2, 0.25) is 0 Å². The van der Waals surface area contributed by atoms with E-state index in [9.17, 15) is 4.39 Å². The highest BCUT2D eigenvalue weighted by Crippen LogP contribution is 2.33. The van der Waals surface area contributed by atoms with Gasteiger partial charge in [-0.25, -0.2) is 4.39 Å². The zero-order chi connectivity index (χ0) is 14.9. The summed E-state index contributed by atoms with van der Waals surface area (Å²) in [7, 11) is 0. The molecule has 1 aromatic heterocycles. The molecule has 0 N–H and O–H groups in total. The van der Waals surface area contributed by atoms with E-state index in [0.717, 1.165) is 22.9 Å². The summed E-state index contributed by atoms with van der Waals surface area (Å²) in [6, 6.07) is 19.0. The fourth-order valence-corrected chi connectivity index (χ4v) is 3.09. The molecule has 2 aromatic carbocycles. The van der Waals surface area contributed by atoms with Crippen LogP contribution in [0.25, 0.3) is 11.4 Å². The number of thioether (sulfide) groups is 1. The minimum Gasteiger partial charge on any atom is -0.228 e. The summed E-state index contributed by atoms with van der Waals surface area (Å²) >= 11 is 1.02. The molecule has 0 saturated heterocycles. The van der Waals surface area contributed by atoms with E-state index < -0.39 is 5.50 Å². The lowest BCUT2D eigenvalue weighted by Crippen LogP contribution is -2.20. The fourth-order valence-electron chi connectivity index (χ4n) is 2.30. The summed E-state index contributed by atoms with van der Waals surface area (Å²) < 4.78 is 16.0. The maximum Gasteiger partial charge on any atom is 0.215 e. The number of benzene rings is 2. The summed E-state index contributed by atoms with van der Waals surface area (Å²) in [6.07, 6.45) is 0. The second kappa shape index (κ2) is 5.38. The number of hydrogen-bond donors (Lipinski definition) is 0. The molecule has 108 valence electrons. The third kappa shape index (κ3) is 2.21.